The molecule has 5 rings (SSSR count). The van der Waals surface area contributed by atoms with Crippen LogP contribution in [0.15, 0.2) is 84.5 Å². The van der Waals surface area contributed by atoms with Gasteiger partial charge in [-0.05, 0) is 42.0 Å². The van der Waals surface area contributed by atoms with Gasteiger partial charge in [0.05, 0.1) is 0 Å². The van der Waals surface area contributed by atoms with E-state index in [1.807, 2.05) is 53.6 Å². The van der Waals surface area contributed by atoms with Crippen molar-refractivity contribution in [3.05, 3.63) is 89.7 Å². The first-order valence-corrected chi connectivity index (χ1v) is 11.5. The van der Waals surface area contributed by atoms with Gasteiger partial charge in [-0.1, -0.05) is 42.1 Å². The molecule has 0 saturated heterocycles. The van der Waals surface area contributed by atoms with E-state index in [0.717, 1.165) is 33.7 Å². The second-order valence-corrected chi connectivity index (χ2v) is 8.35. The van der Waals surface area contributed by atoms with E-state index in [0.29, 0.717) is 4.77 Å². The Kier molecular flexibility index (Phi) is 7.38. The second-order valence-electron chi connectivity index (χ2n) is 7.02. The monoisotopic (exact) mass is 474 g/mol. The molecule has 8 nitrogen and oxygen atoms in total. The van der Waals surface area contributed by atoms with Crippen molar-refractivity contribution in [3.63, 3.8) is 0 Å². The first-order valence-electron chi connectivity index (χ1n) is 10.1. The van der Waals surface area contributed by atoms with Crippen LogP contribution in [-0.4, -0.2) is 39.5 Å². The molecule has 166 valence electrons. The van der Waals surface area contributed by atoms with Crippen LogP contribution in [0.4, 0.5) is 0 Å². The highest BCUT2D eigenvalue weighted by molar-refractivity contribution is 7.98. The van der Waals surface area contributed by atoms with Gasteiger partial charge in [-0.2, -0.15) is 5.10 Å². The Hall–Kier alpha value is -3.63. The Bertz CT molecular complexity index is 1350. The smallest absolute Gasteiger partial charge is 0.195 e. The van der Waals surface area contributed by atoms with E-state index in [1.165, 1.54) is 5.56 Å². The molecule has 10 heteroatoms. The summed E-state index contributed by atoms with van der Waals surface area (Å²) in [5, 5.41) is 16.3. The number of benzene rings is 1. The molecule has 5 aromatic rings. The molecule has 1 aromatic carbocycles. The van der Waals surface area contributed by atoms with Crippen LogP contribution in [-0.2, 0) is 19.8 Å². The maximum absolute atomic E-state index is 5.00. The average molecular weight is 475 g/mol. The quantitative estimate of drug-likeness (QED) is 0.291. The Morgan fingerprint density at radius 3 is 1.97 bits per heavy atom. The lowest BCUT2D eigenvalue weighted by molar-refractivity contribution is 0.793. The van der Waals surface area contributed by atoms with E-state index in [1.54, 1.807) is 36.5 Å². The molecule has 0 spiro atoms. The van der Waals surface area contributed by atoms with Crippen LogP contribution in [0.1, 0.15) is 5.56 Å². The van der Waals surface area contributed by atoms with Gasteiger partial charge >= 0.3 is 0 Å². The van der Waals surface area contributed by atoms with Gasteiger partial charge in [0.15, 0.2) is 21.6 Å². The summed E-state index contributed by atoms with van der Waals surface area (Å²) in [5.74, 6) is 2.58. The van der Waals surface area contributed by atoms with Crippen molar-refractivity contribution in [2.24, 2.45) is 14.1 Å². The summed E-state index contributed by atoms with van der Waals surface area (Å²) in [7, 11) is 3.87. The van der Waals surface area contributed by atoms with E-state index in [9.17, 15) is 0 Å². The molecule has 0 fully saturated rings. The van der Waals surface area contributed by atoms with Gasteiger partial charge in [-0.15, -0.1) is 10.2 Å². The fourth-order valence-electron chi connectivity index (χ4n) is 3.02. The number of pyridine rings is 2. The second kappa shape index (κ2) is 10.8. The van der Waals surface area contributed by atoms with Crippen molar-refractivity contribution in [1.82, 2.24) is 39.5 Å². The molecular weight excluding hydrogens is 452 g/mol. The first-order chi connectivity index (χ1) is 16.1. The van der Waals surface area contributed by atoms with Gasteiger partial charge < -0.3 is 9.13 Å². The highest BCUT2D eigenvalue weighted by atomic mass is 32.2. The highest BCUT2D eigenvalue weighted by Crippen LogP contribution is 2.24. The van der Waals surface area contributed by atoms with Gasteiger partial charge in [0.1, 0.15) is 0 Å². The van der Waals surface area contributed by atoms with Crippen molar-refractivity contribution in [2.45, 2.75) is 10.9 Å². The standard InChI is InChI=1S/C15H14N4S.C8H8N4S/c1-19-14(13-7-9-16-10-8-13)17-18-15(19)20-11-12-5-3-2-4-6-12;1-12-7(10-11-8(12)13)6-2-4-9-5-3-6/h2-10H,11H2,1H3;2-5H,1H3,(H,11,13). The summed E-state index contributed by atoms with van der Waals surface area (Å²) < 4.78 is 4.46. The van der Waals surface area contributed by atoms with Gasteiger partial charge in [0.2, 0.25) is 0 Å². The first kappa shape index (κ1) is 22.6. The number of hydrogen-bond donors (Lipinski definition) is 1. The van der Waals surface area contributed by atoms with E-state index < -0.39 is 0 Å². The predicted octanol–water partition coefficient (Wildman–Crippen LogP) is 4.71. The molecule has 0 bridgehead atoms. The summed E-state index contributed by atoms with van der Waals surface area (Å²) in [4.78, 5) is 7.95. The zero-order chi connectivity index (χ0) is 23.0. The van der Waals surface area contributed by atoms with E-state index in [-0.39, 0.29) is 0 Å². The third-order valence-corrected chi connectivity index (χ3v) is 6.26. The van der Waals surface area contributed by atoms with E-state index in [2.05, 4.69) is 54.6 Å². The SMILES string of the molecule is Cn1c(-c2ccncc2)n[nH]c1=S.Cn1c(SCc2ccccc2)nnc1-c1ccncc1. The summed E-state index contributed by atoms with van der Waals surface area (Å²) >= 11 is 6.69. The molecule has 33 heavy (non-hydrogen) atoms. The summed E-state index contributed by atoms with van der Waals surface area (Å²) in [5.41, 5.74) is 3.32. The molecule has 0 unspecified atom stereocenters. The minimum atomic E-state index is 0.617. The minimum absolute atomic E-state index is 0.617. The van der Waals surface area contributed by atoms with Gasteiger partial charge in [-0.3, -0.25) is 15.1 Å². The van der Waals surface area contributed by atoms with Gasteiger partial charge in [0, 0.05) is 55.8 Å². The van der Waals surface area contributed by atoms with E-state index >= 15 is 0 Å². The zero-order valence-electron chi connectivity index (χ0n) is 18.2. The normalized spacial score (nSPS) is 10.5. The third kappa shape index (κ3) is 5.60. The van der Waals surface area contributed by atoms with E-state index in [4.69, 9.17) is 12.2 Å². The number of thioether (sulfide) groups is 1. The number of H-pyrrole nitrogens is 1. The lowest BCUT2D eigenvalue weighted by Gasteiger charge is -2.03. The Balaban J connectivity index is 0.000000172. The fourth-order valence-corrected chi connectivity index (χ4v) is 4.02. The molecule has 0 aliphatic rings. The third-order valence-electron chi connectivity index (χ3n) is 4.80. The summed E-state index contributed by atoms with van der Waals surface area (Å²) in [6, 6.07) is 18.0. The number of aromatic nitrogens is 8. The van der Waals surface area contributed by atoms with Crippen LogP contribution in [0.5, 0.6) is 0 Å². The number of aromatic amines is 1. The van der Waals surface area contributed by atoms with Crippen LogP contribution in [0.3, 0.4) is 0 Å². The molecule has 4 heterocycles. The van der Waals surface area contributed by atoms with Crippen LogP contribution >= 0.6 is 24.0 Å². The maximum Gasteiger partial charge on any atom is 0.195 e. The Labute approximate surface area is 200 Å². The van der Waals surface area contributed by atoms with Gasteiger partial charge in [-0.25, -0.2) is 0 Å². The minimum Gasteiger partial charge on any atom is -0.305 e. The number of nitrogens with one attached hydrogen (secondary N) is 1. The molecule has 0 atom stereocenters. The van der Waals surface area contributed by atoms with Crippen molar-refractivity contribution in [1.29, 1.82) is 0 Å². The van der Waals surface area contributed by atoms with Crippen molar-refractivity contribution in [3.8, 4) is 22.8 Å². The molecule has 0 radical (unpaired) electrons. The highest BCUT2D eigenvalue weighted by Gasteiger charge is 2.11. The molecule has 0 amide bonds. The van der Waals surface area contributed by atoms with Crippen LogP contribution in [0.2, 0.25) is 0 Å². The van der Waals surface area contributed by atoms with Crippen LogP contribution < -0.4 is 0 Å². The van der Waals surface area contributed by atoms with Crippen molar-refractivity contribution in [2.75, 3.05) is 0 Å². The lowest BCUT2D eigenvalue weighted by atomic mass is 10.2. The summed E-state index contributed by atoms with van der Waals surface area (Å²) in [6.45, 7) is 0. The number of nitrogens with zero attached hydrogens (tertiary/aromatic N) is 7. The molecule has 4 aromatic heterocycles. The Morgan fingerprint density at radius 1 is 0.788 bits per heavy atom. The molecule has 0 saturated carbocycles. The van der Waals surface area contributed by atoms with Gasteiger partial charge in [0.25, 0.3) is 0 Å². The summed E-state index contributed by atoms with van der Waals surface area (Å²) in [6.07, 6.45) is 6.99. The molecule has 0 aliphatic carbocycles. The van der Waals surface area contributed by atoms with Crippen molar-refractivity contribution < 1.29 is 0 Å². The topological polar surface area (TPSA) is 90.1 Å². The number of rotatable bonds is 5. The van der Waals surface area contributed by atoms with Crippen LogP contribution in [0.25, 0.3) is 22.8 Å². The molecule has 1 N–H and O–H groups in total. The maximum atomic E-state index is 5.00. The molecular formula is C23H22N8S2. The Morgan fingerprint density at radius 2 is 1.39 bits per heavy atom. The van der Waals surface area contributed by atoms with Crippen molar-refractivity contribution >= 4 is 24.0 Å². The molecule has 0 aliphatic heterocycles. The van der Waals surface area contributed by atoms with Crippen LogP contribution in [0, 0.1) is 4.77 Å². The largest absolute Gasteiger partial charge is 0.305 e. The fraction of sp³-hybridized carbons (Fsp3) is 0.130. The average Bonchev–Trinajstić information content (AvgIpc) is 3.41. The predicted molar refractivity (Wildman–Crippen MR) is 132 cm³/mol. The number of hydrogen-bond acceptors (Lipinski definition) is 7. The zero-order valence-corrected chi connectivity index (χ0v) is 19.8. The lowest BCUT2D eigenvalue weighted by Crippen LogP contribution is -1.95.